The third-order valence-electron chi connectivity index (χ3n) is 2.48. The molecule has 16 heavy (non-hydrogen) atoms. The molecular formula is C13H14O3. The molecule has 84 valence electrons. The fourth-order valence-corrected chi connectivity index (χ4v) is 1.58. The molecule has 0 amide bonds. The maximum Gasteiger partial charge on any atom is 0.222 e. The molecule has 1 aliphatic heterocycles. The van der Waals surface area contributed by atoms with E-state index in [9.17, 15) is 4.79 Å². The topological polar surface area (TPSA) is 35.5 Å². The predicted molar refractivity (Wildman–Crippen MR) is 61.2 cm³/mol. The number of hydrogen-bond acceptors (Lipinski definition) is 3. The minimum Gasteiger partial charge on any atom is -0.343 e. The van der Waals surface area contributed by atoms with Gasteiger partial charge in [-0.3, -0.25) is 4.79 Å². The van der Waals surface area contributed by atoms with Gasteiger partial charge in [-0.2, -0.15) is 0 Å². The van der Waals surface area contributed by atoms with E-state index in [0.717, 1.165) is 11.1 Å². The summed E-state index contributed by atoms with van der Waals surface area (Å²) in [6, 6.07) is 7.34. The number of allylic oxidation sites excluding steroid dienone is 1. The monoisotopic (exact) mass is 218 g/mol. The minimum atomic E-state index is -0.736. The number of rotatable bonds is 3. The van der Waals surface area contributed by atoms with E-state index in [4.69, 9.17) is 9.47 Å². The predicted octanol–water partition coefficient (Wildman–Crippen LogP) is 2.28. The summed E-state index contributed by atoms with van der Waals surface area (Å²) in [6.45, 7) is 6.72. The minimum absolute atomic E-state index is 0.124. The zero-order valence-corrected chi connectivity index (χ0v) is 9.23. The molecule has 0 unspecified atom stereocenters. The van der Waals surface area contributed by atoms with Crippen LogP contribution in [0, 0.1) is 0 Å². The third kappa shape index (κ3) is 2.21. The maximum atomic E-state index is 11.9. The highest BCUT2D eigenvalue weighted by Gasteiger charge is 2.25. The normalized spacial score (nSPS) is 16.3. The highest BCUT2D eigenvalue weighted by molar-refractivity contribution is 5.99. The number of Topliss-reactive ketones (excluding diaryl/α,β-unsaturated/α-hetero) is 1. The van der Waals surface area contributed by atoms with Crippen LogP contribution < -0.4 is 0 Å². The molecule has 0 spiro atoms. The highest BCUT2D eigenvalue weighted by Crippen LogP contribution is 2.17. The molecule has 1 heterocycles. The third-order valence-corrected chi connectivity index (χ3v) is 2.48. The summed E-state index contributed by atoms with van der Waals surface area (Å²) >= 11 is 0. The van der Waals surface area contributed by atoms with Crippen molar-refractivity contribution in [1.82, 2.24) is 0 Å². The summed E-state index contributed by atoms with van der Waals surface area (Å²) in [5, 5.41) is 0. The summed E-state index contributed by atoms with van der Waals surface area (Å²) < 4.78 is 10.4. The number of benzene rings is 1. The molecule has 0 radical (unpaired) electrons. The van der Waals surface area contributed by atoms with E-state index in [1.165, 1.54) is 0 Å². The van der Waals surface area contributed by atoms with Gasteiger partial charge in [0.15, 0.2) is 0 Å². The molecule has 3 heteroatoms. The average Bonchev–Trinajstić information content (AvgIpc) is 2.81. The molecule has 0 bridgehead atoms. The van der Waals surface area contributed by atoms with Gasteiger partial charge >= 0.3 is 0 Å². The van der Waals surface area contributed by atoms with Crippen LogP contribution in [0.1, 0.15) is 22.8 Å². The van der Waals surface area contributed by atoms with Gasteiger partial charge < -0.3 is 9.47 Å². The smallest absolute Gasteiger partial charge is 0.222 e. The van der Waals surface area contributed by atoms with Gasteiger partial charge in [0.25, 0.3) is 0 Å². The van der Waals surface area contributed by atoms with Crippen LogP contribution in [0.5, 0.6) is 0 Å². The summed E-state index contributed by atoms with van der Waals surface area (Å²) in [5.41, 5.74) is 2.50. The van der Waals surface area contributed by atoms with Crippen LogP contribution in [0.15, 0.2) is 30.8 Å². The summed E-state index contributed by atoms with van der Waals surface area (Å²) in [6.07, 6.45) is -0.736. The fraction of sp³-hybridized carbons (Fsp3) is 0.308. The van der Waals surface area contributed by atoms with E-state index in [0.29, 0.717) is 18.8 Å². The van der Waals surface area contributed by atoms with Crippen molar-refractivity contribution in [2.24, 2.45) is 0 Å². The van der Waals surface area contributed by atoms with Crippen molar-refractivity contribution in [3.8, 4) is 0 Å². The van der Waals surface area contributed by atoms with E-state index in [2.05, 4.69) is 6.58 Å². The Morgan fingerprint density at radius 1 is 1.31 bits per heavy atom. The molecule has 0 saturated carbocycles. The molecule has 3 nitrogen and oxygen atoms in total. The van der Waals surface area contributed by atoms with Crippen LogP contribution in [-0.4, -0.2) is 25.3 Å². The van der Waals surface area contributed by atoms with Gasteiger partial charge in [0.05, 0.1) is 13.2 Å². The van der Waals surface area contributed by atoms with Crippen LogP contribution in [0.25, 0.3) is 5.57 Å². The fourth-order valence-electron chi connectivity index (χ4n) is 1.58. The number of hydrogen-bond donors (Lipinski definition) is 0. The summed E-state index contributed by atoms with van der Waals surface area (Å²) in [5.74, 6) is -0.124. The van der Waals surface area contributed by atoms with Crippen molar-refractivity contribution in [3.05, 3.63) is 42.0 Å². The van der Waals surface area contributed by atoms with Crippen LogP contribution >= 0.6 is 0 Å². The lowest BCUT2D eigenvalue weighted by Crippen LogP contribution is -2.21. The molecule has 2 rings (SSSR count). The van der Waals surface area contributed by atoms with Gasteiger partial charge in [-0.1, -0.05) is 30.4 Å². The zero-order chi connectivity index (χ0) is 11.5. The standard InChI is InChI=1S/C13H14O3/c1-9(2)10-4-3-5-11(8-10)12(14)13-15-6-7-16-13/h3-5,8,13H,1,6-7H2,2H3. The Morgan fingerprint density at radius 2 is 1.94 bits per heavy atom. The van der Waals surface area contributed by atoms with Gasteiger partial charge in [-0.25, -0.2) is 0 Å². The van der Waals surface area contributed by atoms with Crippen molar-refractivity contribution >= 4 is 11.4 Å². The molecule has 1 aromatic rings. The summed E-state index contributed by atoms with van der Waals surface area (Å²) in [4.78, 5) is 11.9. The quantitative estimate of drug-likeness (QED) is 0.730. The lowest BCUT2D eigenvalue weighted by Gasteiger charge is -2.08. The first-order chi connectivity index (χ1) is 7.68. The molecule has 1 fully saturated rings. The molecule has 1 aromatic carbocycles. The zero-order valence-electron chi connectivity index (χ0n) is 9.23. The highest BCUT2D eigenvalue weighted by atomic mass is 16.7. The Morgan fingerprint density at radius 3 is 2.56 bits per heavy atom. The van der Waals surface area contributed by atoms with Gasteiger partial charge in [0.2, 0.25) is 12.1 Å². The lowest BCUT2D eigenvalue weighted by atomic mass is 10.0. The maximum absolute atomic E-state index is 11.9. The first-order valence-electron chi connectivity index (χ1n) is 5.22. The molecule has 1 aliphatic rings. The van der Waals surface area contributed by atoms with Gasteiger partial charge in [-0.15, -0.1) is 0 Å². The molecule has 0 N–H and O–H groups in total. The Balaban J connectivity index is 2.22. The second-order valence-electron chi connectivity index (χ2n) is 3.80. The van der Waals surface area contributed by atoms with E-state index in [-0.39, 0.29) is 5.78 Å². The van der Waals surface area contributed by atoms with Crippen molar-refractivity contribution in [1.29, 1.82) is 0 Å². The molecule has 0 aromatic heterocycles. The average molecular weight is 218 g/mol. The second-order valence-corrected chi connectivity index (χ2v) is 3.80. The van der Waals surface area contributed by atoms with Crippen molar-refractivity contribution < 1.29 is 14.3 Å². The van der Waals surface area contributed by atoms with Crippen molar-refractivity contribution in [2.45, 2.75) is 13.2 Å². The SMILES string of the molecule is C=C(C)c1cccc(C(=O)C2OCCO2)c1. The van der Waals surface area contributed by atoms with Crippen LogP contribution in [-0.2, 0) is 9.47 Å². The largest absolute Gasteiger partial charge is 0.343 e. The van der Waals surface area contributed by atoms with Crippen LogP contribution in [0.4, 0.5) is 0 Å². The van der Waals surface area contributed by atoms with E-state index >= 15 is 0 Å². The van der Waals surface area contributed by atoms with Crippen LogP contribution in [0.2, 0.25) is 0 Å². The lowest BCUT2D eigenvalue weighted by molar-refractivity contribution is -0.0213. The first kappa shape index (κ1) is 11.0. The van der Waals surface area contributed by atoms with Crippen molar-refractivity contribution in [3.63, 3.8) is 0 Å². The van der Waals surface area contributed by atoms with E-state index < -0.39 is 6.29 Å². The van der Waals surface area contributed by atoms with E-state index in [1.807, 2.05) is 25.1 Å². The summed E-state index contributed by atoms with van der Waals surface area (Å²) in [7, 11) is 0. The van der Waals surface area contributed by atoms with E-state index in [1.54, 1.807) is 6.07 Å². The van der Waals surface area contributed by atoms with Gasteiger partial charge in [-0.05, 0) is 18.6 Å². The number of ketones is 1. The van der Waals surface area contributed by atoms with Crippen molar-refractivity contribution in [2.75, 3.05) is 13.2 Å². The molecule has 0 aliphatic carbocycles. The number of ether oxygens (including phenoxy) is 2. The number of carbonyl (C=O) groups is 1. The number of carbonyl (C=O) groups excluding carboxylic acids is 1. The molecule has 1 saturated heterocycles. The molecular weight excluding hydrogens is 204 g/mol. The Kier molecular flexibility index (Phi) is 3.17. The Hall–Kier alpha value is -1.45. The van der Waals surface area contributed by atoms with Crippen LogP contribution in [0.3, 0.4) is 0 Å². The Bertz CT molecular complexity index is 417. The van der Waals surface area contributed by atoms with Gasteiger partial charge in [0, 0.05) is 5.56 Å². The molecule has 0 atom stereocenters. The Labute approximate surface area is 94.7 Å². The second kappa shape index (κ2) is 4.60. The van der Waals surface area contributed by atoms with Gasteiger partial charge in [0.1, 0.15) is 0 Å². The first-order valence-corrected chi connectivity index (χ1v) is 5.22.